The molecular weight excluding hydrogens is 506 g/mol. The molecule has 2 saturated heterocycles. The van der Waals surface area contributed by atoms with Crippen molar-refractivity contribution in [3.63, 3.8) is 0 Å². The van der Waals surface area contributed by atoms with Gasteiger partial charge in [0.05, 0.1) is 4.75 Å². The molecule has 6 nitrogen and oxygen atoms in total. The minimum atomic E-state index is -4.01. The Kier molecular flexibility index (Phi) is 8.23. The number of cyclic esters (lactones) is 1. The predicted molar refractivity (Wildman–Crippen MR) is 147 cm³/mol. The summed E-state index contributed by atoms with van der Waals surface area (Å²) in [6.07, 6.45) is 0.508. The minimum absolute atomic E-state index is 0. The second-order valence-corrected chi connectivity index (χ2v) is 12.1. The molecule has 2 heterocycles. The van der Waals surface area contributed by atoms with Crippen LogP contribution in [0.2, 0.25) is 0 Å². The normalized spacial score (nSPS) is 22.1. The van der Waals surface area contributed by atoms with Gasteiger partial charge in [0.15, 0.2) is 0 Å². The number of fused-ring (bicyclic) bond motifs is 1. The van der Waals surface area contributed by atoms with E-state index in [1.165, 1.54) is 0 Å². The Morgan fingerprint density at radius 2 is 1.35 bits per heavy atom. The molecule has 0 radical (unpaired) electrons. The summed E-state index contributed by atoms with van der Waals surface area (Å²) >= 11 is 1.77. The lowest BCUT2D eigenvalue weighted by Crippen LogP contribution is -2.38. The highest BCUT2D eigenvalue weighted by Crippen LogP contribution is 2.52. The number of hydrogen-bond donors (Lipinski definition) is 0. The Morgan fingerprint density at radius 1 is 0.865 bits per heavy atom. The monoisotopic (exact) mass is 537 g/mol. The molecule has 0 saturated carbocycles. The molecule has 37 heavy (non-hydrogen) atoms. The lowest BCUT2D eigenvalue weighted by Gasteiger charge is -2.37. The van der Waals surface area contributed by atoms with Crippen molar-refractivity contribution in [3.05, 3.63) is 119 Å². The molecule has 2 aliphatic heterocycles. The molecule has 8 heteroatoms. The van der Waals surface area contributed by atoms with Gasteiger partial charge in [-0.25, -0.2) is 0 Å². The lowest BCUT2D eigenvalue weighted by molar-refractivity contribution is -0.148. The fourth-order valence-corrected chi connectivity index (χ4v) is 7.35. The Bertz CT molecular complexity index is 1230. The first-order valence-electron chi connectivity index (χ1n) is 11.7. The van der Waals surface area contributed by atoms with Crippen LogP contribution in [-0.2, 0) is 28.6 Å². The molecule has 0 aliphatic carbocycles. The van der Waals surface area contributed by atoms with Crippen LogP contribution in [0.15, 0.2) is 102 Å². The van der Waals surface area contributed by atoms with Gasteiger partial charge in [-0.05, 0) is 23.1 Å². The highest BCUT2D eigenvalue weighted by molar-refractivity contribution is 8.01. The number of rotatable bonds is 5. The first kappa shape index (κ1) is 27.1. The molecule has 0 aromatic heterocycles. The third-order valence-electron chi connectivity index (χ3n) is 6.62. The molecule has 2 atom stereocenters. The van der Waals surface area contributed by atoms with Crippen molar-refractivity contribution in [2.24, 2.45) is 0 Å². The van der Waals surface area contributed by atoms with E-state index >= 15 is 0 Å². The topological polar surface area (TPSA) is 72.9 Å². The molecule has 2 aliphatic rings. The van der Waals surface area contributed by atoms with E-state index in [2.05, 4.69) is 43.0 Å². The predicted octanol–water partition coefficient (Wildman–Crippen LogP) is 5.17. The molecule has 0 N–H and O–H groups in total. The van der Waals surface area contributed by atoms with Gasteiger partial charge < -0.3 is 4.74 Å². The summed E-state index contributed by atoms with van der Waals surface area (Å²) in [7, 11) is -4.01. The van der Waals surface area contributed by atoms with E-state index in [1.807, 2.05) is 54.6 Å². The van der Waals surface area contributed by atoms with Crippen LogP contribution in [0, 0.1) is 0 Å². The average molecular weight is 538 g/mol. The molecule has 0 spiro atoms. The van der Waals surface area contributed by atoms with Crippen LogP contribution in [0.1, 0.15) is 30.5 Å². The van der Waals surface area contributed by atoms with Crippen LogP contribution in [0.3, 0.4) is 0 Å². The smallest absolute Gasteiger partial charge is 0.323 e. The SMILES string of the molecule is C.C=C1COC(=O)C2CC(SC(c3ccccc3)(c3ccccc3)c3ccccc3)CN2COS1(=O)=O. The van der Waals surface area contributed by atoms with E-state index < -0.39 is 33.5 Å². The first-order valence-corrected chi connectivity index (χ1v) is 14.0. The number of ether oxygens (including phenoxy) is 1. The number of nitrogens with zero attached hydrogens (tertiary/aromatic N) is 1. The third-order valence-corrected chi connectivity index (χ3v) is 9.60. The summed E-state index contributed by atoms with van der Waals surface area (Å²) in [5.74, 6) is -0.454. The van der Waals surface area contributed by atoms with Crippen molar-refractivity contribution in [2.45, 2.75) is 29.9 Å². The van der Waals surface area contributed by atoms with Gasteiger partial charge >= 0.3 is 5.97 Å². The number of thioether (sulfide) groups is 1. The summed E-state index contributed by atoms with van der Waals surface area (Å²) in [6, 6.07) is 30.4. The summed E-state index contributed by atoms with van der Waals surface area (Å²) in [4.78, 5) is 14.4. The summed E-state index contributed by atoms with van der Waals surface area (Å²) in [5, 5.41) is -0.00268. The van der Waals surface area contributed by atoms with Gasteiger partial charge in [-0.1, -0.05) is 105 Å². The fraction of sp³-hybridized carbons (Fsp3) is 0.276. The average Bonchev–Trinajstić information content (AvgIpc) is 3.33. The maximum absolute atomic E-state index is 12.9. The quantitative estimate of drug-likeness (QED) is 0.253. The molecule has 5 rings (SSSR count). The van der Waals surface area contributed by atoms with E-state index in [9.17, 15) is 13.2 Å². The van der Waals surface area contributed by atoms with Crippen LogP contribution in [0.25, 0.3) is 0 Å². The van der Waals surface area contributed by atoms with E-state index in [0.29, 0.717) is 13.0 Å². The molecule has 0 amide bonds. The Morgan fingerprint density at radius 3 is 1.84 bits per heavy atom. The van der Waals surface area contributed by atoms with Crippen LogP contribution in [0.4, 0.5) is 0 Å². The highest BCUT2D eigenvalue weighted by Gasteiger charge is 2.46. The van der Waals surface area contributed by atoms with E-state index in [-0.39, 0.29) is 24.3 Å². The standard InChI is InChI=1S/C28H27NO5S2.CH4/c1-21-19-33-27(30)26-17-25(18-29(26)20-34-36(21,31)32)35-28(22-11-5-2-6-12-22,23-13-7-3-8-14-23)24-15-9-4-10-16-24;/h2-16,25-26H,1,17-20H2;1H4. The number of carbonyl (C=O) groups is 1. The van der Waals surface area contributed by atoms with Crippen molar-refractivity contribution >= 4 is 27.8 Å². The van der Waals surface area contributed by atoms with Crippen molar-refractivity contribution in [1.29, 1.82) is 0 Å². The number of esters is 1. The van der Waals surface area contributed by atoms with E-state index in [4.69, 9.17) is 8.92 Å². The molecule has 3 aromatic carbocycles. The summed E-state index contributed by atoms with van der Waals surface area (Å²) in [5.41, 5.74) is 3.38. The summed E-state index contributed by atoms with van der Waals surface area (Å²) < 4.78 is 34.6. The fourth-order valence-electron chi connectivity index (χ4n) is 4.85. The van der Waals surface area contributed by atoms with Crippen molar-refractivity contribution in [2.75, 3.05) is 19.9 Å². The second kappa shape index (κ2) is 11.2. The van der Waals surface area contributed by atoms with E-state index in [0.717, 1.165) is 16.7 Å². The molecule has 0 bridgehead atoms. The lowest BCUT2D eigenvalue weighted by atomic mass is 9.84. The number of benzene rings is 3. The van der Waals surface area contributed by atoms with Gasteiger partial charge in [0.25, 0.3) is 10.1 Å². The second-order valence-electron chi connectivity index (χ2n) is 8.89. The third kappa shape index (κ3) is 5.38. The highest BCUT2D eigenvalue weighted by atomic mass is 32.2. The van der Waals surface area contributed by atoms with Gasteiger partial charge in [-0.2, -0.15) is 8.42 Å². The van der Waals surface area contributed by atoms with Gasteiger partial charge in [-0.15, -0.1) is 11.8 Å². The molecule has 2 unspecified atom stereocenters. The van der Waals surface area contributed by atoms with E-state index in [1.54, 1.807) is 16.7 Å². The zero-order valence-electron chi connectivity index (χ0n) is 19.7. The molecule has 194 valence electrons. The Labute approximate surface area is 223 Å². The number of carbonyl (C=O) groups excluding carboxylic acids is 1. The van der Waals surface area contributed by atoms with Crippen LogP contribution in [0.5, 0.6) is 0 Å². The maximum atomic E-state index is 12.9. The Hall–Kier alpha value is -2.91. The van der Waals surface area contributed by atoms with Crippen molar-refractivity contribution in [1.82, 2.24) is 4.90 Å². The zero-order valence-corrected chi connectivity index (χ0v) is 21.3. The van der Waals surface area contributed by atoms with Crippen LogP contribution in [-0.4, -0.2) is 50.5 Å². The zero-order chi connectivity index (χ0) is 25.2. The number of hydrogen-bond acceptors (Lipinski definition) is 7. The van der Waals surface area contributed by atoms with Crippen LogP contribution >= 0.6 is 11.8 Å². The van der Waals surface area contributed by atoms with Gasteiger partial charge in [0.2, 0.25) is 0 Å². The summed E-state index contributed by atoms with van der Waals surface area (Å²) in [6.45, 7) is 3.35. The molecule has 3 aromatic rings. The van der Waals surface area contributed by atoms with Crippen LogP contribution < -0.4 is 0 Å². The Balaban J connectivity index is 0.00000320. The van der Waals surface area contributed by atoms with Gasteiger partial charge in [0, 0.05) is 11.8 Å². The van der Waals surface area contributed by atoms with Gasteiger partial charge in [0.1, 0.15) is 24.3 Å². The first-order chi connectivity index (χ1) is 17.4. The minimum Gasteiger partial charge on any atom is -0.459 e. The molecular formula is C29H31NO5S2. The largest absolute Gasteiger partial charge is 0.459 e. The van der Waals surface area contributed by atoms with Gasteiger partial charge in [-0.3, -0.25) is 13.9 Å². The molecule has 2 fully saturated rings. The maximum Gasteiger partial charge on any atom is 0.323 e. The van der Waals surface area contributed by atoms with Crippen molar-refractivity contribution in [3.8, 4) is 0 Å². The van der Waals surface area contributed by atoms with Crippen molar-refractivity contribution < 1.29 is 22.1 Å².